The van der Waals surface area contributed by atoms with Crippen LogP contribution in [0.4, 0.5) is 24.7 Å². The van der Waals surface area contributed by atoms with Crippen molar-refractivity contribution in [1.29, 1.82) is 0 Å². The summed E-state index contributed by atoms with van der Waals surface area (Å²) in [6.45, 7) is 6.69. The normalized spacial score (nSPS) is 15.3. The second-order valence-electron chi connectivity index (χ2n) is 7.66. The van der Waals surface area contributed by atoms with Gasteiger partial charge in [0.05, 0.1) is 24.1 Å². The number of nitrogens with zero attached hydrogens (tertiary/aromatic N) is 4. The number of hydrogen-bond donors (Lipinski definition) is 2. The van der Waals surface area contributed by atoms with E-state index in [1.807, 2.05) is 6.07 Å². The van der Waals surface area contributed by atoms with E-state index in [4.69, 9.17) is 4.74 Å². The standard InChI is InChI=1S/C22H25F3N6O/c1-12(14-5-4-6-15(18(14)23)19(24)25)27-20-16-11-17(31-9-7-26-8-10-31)22(32-3)30-21(16)29-13(2)28-20/h4-6,11-12,19,26H,7-10H2,1-3H3,(H,27,28,29,30)/t12-/m1/s1. The zero-order valence-electron chi connectivity index (χ0n) is 18.1. The van der Waals surface area contributed by atoms with Crippen LogP contribution in [0.2, 0.25) is 0 Å². The summed E-state index contributed by atoms with van der Waals surface area (Å²) in [6, 6.07) is 5.30. The molecule has 0 unspecified atom stereocenters. The van der Waals surface area contributed by atoms with E-state index in [0.717, 1.165) is 37.9 Å². The van der Waals surface area contributed by atoms with E-state index in [1.54, 1.807) is 21.0 Å². The van der Waals surface area contributed by atoms with Crippen molar-refractivity contribution in [2.45, 2.75) is 26.3 Å². The van der Waals surface area contributed by atoms with E-state index < -0.39 is 23.8 Å². The van der Waals surface area contributed by atoms with Gasteiger partial charge in [-0.25, -0.2) is 23.1 Å². The Hall–Kier alpha value is -3.14. The largest absolute Gasteiger partial charge is 0.479 e. The topological polar surface area (TPSA) is 75.2 Å². The Morgan fingerprint density at radius 2 is 1.84 bits per heavy atom. The lowest BCUT2D eigenvalue weighted by Crippen LogP contribution is -2.43. The number of alkyl halides is 2. The summed E-state index contributed by atoms with van der Waals surface area (Å²) in [5.41, 5.74) is 0.767. The smallest absolute Gasteiger partial charge is 0.266 e. The van der Waals surface area contributed by atoms with Gasteiger partial charge in [-0.05, 0) is 19.9 Å². The number of halogens is 3. The van der Waals surface area contributed by atoms with E-state index in [2.05, 4.69) is 30.5 Å². The molecule has 0 radical (unpaired) electrons. The quantitative estimate of drug-likeness (QED) is 0.593. The lowest BCUT2D eigenvalue weighted by Gasteiger charge is -2.30. The van der Waals surface area contributed by atoms with Gasteiger partial charge in [0.25, 0.3) is 6.43 Å². The third kappa shape index (κ3) is 4.27. The van der Waals surface area contributed by atoms with Crippen molar-refractivity contribution in [2.75, 3.05) is 43.5 Å². The number of nitrogens with one attached hydrogen (secondary N) is 2. The van der Waals surface area contributed by atoms with Crippen molar-refractivity contribution in [1.82, 2.24) is 20.3 Å². The fraction of sp³-hybridized carbons (Fsp3) is 0.409. The second kappa shape index (κ2) is 9.15. The number of pyridine rings is 1. The monoisotopic (exact) mass is 446 g/mol. The number of methoxy groups -OCH3 is 1. The molecule has 1 atom stereocenters. The Balaban J connectivity index is 1.76. The van der Waals surface area contributed by atoms with E-state index in [9.17, 15) is 13.2 Å². The van der Waals surface area contributed by atoms with Crippen molar-refractivity contribution < 1.29 is 17.9 Å². The molecule has 1 fully saturated rings. The molecule has 1 aliphatic heterocycles. The molecule has 0 saturated carbocycles. The van der Waals surface area contributed by atoms with Crippen LogP contribution in [0.25, 0.3) is 11.0 Å². The fourth-order valence-electron chi connectivity index (χ4n) is 3.88. The first-order valence-corrected chi connectivity index (χ1v) is 10.4. The molecule has 0 aliphatic carbocycles. The molecule has 3 heterocycles. The van der Waals surface area contributed by atoms with E-state index in [1.165, 1.54) is 12.1 Å². The van der Waals surface area contributed by atoms with Crippen molar-refractivity contribution in [2.24, 2.45) is 0 Å². The van der Waals surface area contributed by atoms with Gasteiger partial charge in [-0.2, -0.15) is 4.98 Å². The van der Waals surface area contributed by atoms with Crippen LogP contribution in [0.15, 0.2) is 24.3 Å². The lowest BCUT2D eigenvalue weighted by molar-refractivity contribution is 0.146. The molecule has 1 aromatic carbocycles. The summed E-state index contributed by atoms with van der Waals surface area (Å²) in [7, 11) is 1.56. The Kier molecular flexibility index (Phi) is 6.31. The van der Waals surface area contributed by atoms with E-state index in [-0.39, 0.29) is 5.56 Å². The van der Waals surface area contributed by atoms with Gasteiger partial charge >= 0.3 is 0 Å². The molecule has 0 bridgehead atoms. The summed E-state index contributed by atoms with van der Waals surface area (Å²) >= 11 is 0. The molecule has 1 aliphatic rings. The molecule has 3 aromatic rings. The van der Waals surface area contributed by atoms with Crippen molar-refractivity contribution >= 4 is 22.5 Å². The molecule has 32 heavy (non-hydrogen) atoms. The first kappa shape index (κ1) is 22.1. The number of anilines is 2. The van der Waals surface area contributed by atoms with E-state index >= 15 is 0 Å². The average molecular weight is 446 g/mol. The van der Waals surface area contributed by atoms with Gasteiger partial charge in [0.1, 0.15) is 23.1 Å². The number of benzene rings is 1. The highest BCUT2D eigenvalue weighted by Crippen LogP contribution is 2.34. The maximum absolute atomic E-state index is 14.7. The molecule has 2 N–H and O–H groups in total. The third-order valence-corrected chi connectivity index (χ3v) is 5.51. The molecule has 0 spiro atoms. The zero-order chi connectivity index (χ0) is 22.8. The average Bonchev–Trinajstić information content (AvgIpc) is 2.78. The fourth-order valence-corrected chi connectivity index (χ4v) is 3.88. The van der Waals surface area contributed by atoms with Crippen LogP contribution in [-0.4, -0.2) is 48.2 Å². The summed E-state index contributed by atoms with van der Waals surface area (Å²) in [6.07, 6.45) is -2.89. The minimum atomic E-state index is -2.89. The molecule has 10 heteroatoms. The molecule has 0 amide bonds. The highest BCUT2D eigenvalue weighted by molar-refractivity contribution is 5.90. The first-order valence-electron chi connectivity index (χ1n) is 10.4. The maximum atomic E-state index is 14.7. The molecule has 1 saturated heterocycles. The van der Waals surface area contributed by atoms with E-state index in [0.29, 0.717) is 28.6 Å². The van der Waals surface area contributed by atoms with Gasteiger partial charge in [-0.15, -0.1) is 0 Å². The minimum absolute atomic E-state index is 0.135. The SMILES string of the molecule is COc1nc2nc(C)nc(N[C@H](C)c3cccc(C(F)F)c3F)c2cc1N1CCNCC1. The Bertz CT molecular complexity index is 1120. The third-order valence-electron chi connectivity index (χ3n) is 5.51. The molecule has 4 rings (SSSR count). The van der Waals surface area contributed by atoms with Gasteiger partial charge in [-0.1, -0.05) is 18.2 Å². The number of piperazine rings is 1. The van der Waals surface area contributed by atoms with Crippen molar-refractivity contribution in [3.63, 3.8) is 0 Å². The highest BCUT2D eigenvalue weighted by atomic mass is 19.3. The second-order valence-corrected chi connectivity index (χ2v) is 7.66. The molecule has 170 valence electrons. The maximum Gasteiger partial charge on any atom is 0.266 e. The zero-order valence-corrected chi connectivity index (χ0v) is 18.1. The van der Waals surface area contributed by atoms with Gasteiger partial charge in [0.2, 0.25) is 5.88 Å². The highest BCUT2D eigenvalue weighted by Gasteiger charge is 2.22. The first-order chi connectivity index (χ1) is 15.4. The van der Waals surface area contributed by atoms with Gasteiger partial charge in [0.15, 0.2) is 5.65 Å². The van der Waals surface area contributed by atoms with Crippen LogP contribution in [-0.2, 0) is 0 Å². The van der Waals surface area contributed by atoms with Crippen molar-refractivity contribution in [3.8, 4) is 5.88 Å². The van der Waals surface area contributed by atoms with Crippen LogP contribution in [0.3, 0.4) is 0 Å². The number of ether oxygens (including phenoxy) is 1. The molecule has 2 aromatic heterocycles. The number of fused-ring (bicyclic) bond motifs is 1. The van der Waals surface area contributed by atoms with Crippen LogP contribution >= 0.6 is 0 Å². The molecular weight excluding hydrogens is 421 g/mol. The number of rotatable bonds is 6. The molecule has 7 nitrogen and oxygen atoms in total. The van der Waals surface area contributed by atoms with Gasteiger partial charge in [-0.3, -0.25) is 0 Å². The van der Waals surface area contributed by atoms with Gasteiger partial charge < -0.3 is 20.3 Å². The number of aryl methyl sites for hydroxylation is 1. The Morgan fingerprint density at radius 1 is 1.12 bits per heavy atom. The van der Waals surface area contributed by atoms with Crippen LogP contribution in [0.5, 0.6) is 5.88 Å². The molecular formula is C22H25F3N6O. The lowest BCUT2D eigenvalue weighted by atomic mass is 10.0. The van der Waals surface area contributed by atoms with Crippen LogP contribution < -0.4 is 20.3 Å². The summed E-state index contributed by atoms with van der Waals surface area (Å²) in [5, 5.41) is 7.12. The Morgan fingerprint density at radius 3 is 2.53 bits per heavy atom. The summed E-state index contributed by atoms with van der Waals surface area (Å²) in [4.78, 5) is 15.7. The summed E-state index contributed by atoms with van der Waals surface area (Å²) in [5.74, 6) is 0.470. The Labute approximate surface area is 184 Å². The van der Waals surface area contributed by atoms with Gasteiger partial charge in [0, 0.05) is 31.7 Å². The number of aromatic nitrogens is 3. The van der Waals surface area contributed by atoms with Crippen LogP contribution in [0.1, 0.15) is 36.3 Å². The number of hydrogen-bond acceptors (Lipinski definition) is 7. The predicted octanol–water partition coefficient (Wildman–Crippen LogP) is 4.00. The van der Waals surface area contributed by atoms with Crippen molar-refractivity contribution in [3.05, 3.63) is 47.0 Å². The summed E-state index contributed by atoms with van der Waals surface area (Å²) < 4.78 is 46.5. The minimum Gasteiger partial charge on any atom is -0.479 e. The predicted molar refractivity (Wildman–Crippen MR) is 117 cm³/mol. The van der Waals surface area contributed by atoms with Crippen LogP contribution in [0, 0.1) is 12.7 Å².